The molecule has 16 heavy (non-hydrogen) atoms. The van der Waals surface area contributed by atoms with Crippen LogP contribution in [0.5, 0.6) is 0 Å². The number of thioether (sulfide) groups is 1. The van der Waals surface area contributed by atoms with Crippen molar-refractivity contribution < 1.29 is 5.11 Å². The van der Waals surface area contributed by atoms with Gasteiger partial charge in [0.2, 0.25) is 0 Å². The average molecular weight is 257 g/mol. The van der Waals surface area contributed by atoms with Crippen LogP contribution in [0, 0.1) is 0 Å². The van der Waals surface area contributed by atoms with E-state index < -0.39 is 5.60 Å². The quantitative estimate of drug-likeness (QED) is 0.874. The molecule has 1 saturated heterocycles. The topological polar surface area (TPSA) is 20.2 Å². The highest BCUT2D eigenvalue weighted by Crippen LogP contribution is 2.36. The molecule has 1 aromatic carbocycles. The van der Waals surface area contributed by atoms with Crippen molar-refractivity contribution in [2.75, 3.05) is 5.75 Å². The van der Waals surface area contributed by atoms with E-state index in [1.54, 1.807) is 0 Å². The summed E-state index contributed by atoms with van der Waals surface area (Å²) in [5, 5.41) is 11.7. The Balaban J connectivity index is 2.10. The van der Waals surface area contributed by atoms with Crippen LogP contribution in [-0.4, -0.2) is 21.7 Å². The van der Waals surface area contributed by atoms with E-state index in [9.17, 15) is 5.11 Å². The Morgan fingerprint density at radius 2 is 2.12 bits per heavy atom. The second kappa shape index (κ2) is 4.99. The number of rotatable bonds is 2. The van der Waals surface area contributed by atoms with Gasteiger partial charge in [0.25, 0.3) is 0 Å². The van der Waals surface area contributed by atoms with E-state index in [-0.39, 0.29) is 0 Å². The summed E-state index contributed by atoms with van der Waals surface area (Å²) in [6.07, 6.45) is 2.75. The van der Waals surface area contributed by atoms with Crippen LogP contribution >= 0.6 is 23.4 Å². The van der Waals surface area contributed by atoms with Crippen molar-refractivity contribution in [3.05, 3.63) is 34.9 Å². The fourth-order valence-electron chi connectivity index (χ4n) is 2.18. The van der Waals surface area contributed by atoms with Crippen molar-refractivity contribution in [1.82, 2.24) is 0 Å². The van der Waals surface area contributed by atoms with Gasteiger partial charge in [-0.05, 0) is 36.3 Å². The van der Waals surface area contributed by atoms with Gasteiger partial charge >= 0.3 is 0 Å². The number of benzene rings is 1. The monoisotopic (exact) mass is 256 g/mol. The molecule has 0 saturated carbocycles. The Labute approximate surface area is 106 Å². The van der Waals surface area contributed by atoms with Crippen LogP contribution in [0.15, 0.2) is 24.3 Å². The van der Waals surface area contributed by atoms with Gasteiger partial charge in [0, 0.05) is 16.7 Å². The molecule has 1 N–H and O–H groups in total. The van der Waals surface area contributed by atoms with E-state index in [2.05, 4.69) is 6.92 Å². The zero-order chi connectivity index (χ0) is 11.6. The SMILES string of the molecule is CC1SCCCC1(O)Cc1ccc(Cl)cc1. The highest BCUT2D eigenvalue weighted by atomic mass is 35.5. The van der Waals surface area contributed by atoms with E-state index >= 15 is 0 Å². The van der Waals surface area contributed by atoms with Gasteiger partial charge in [0.1, 0.15) is 0 Å². The van der Waals surface area contributed by atoms with Gasteiger partial charge in [-0.1, -0.05) is 30.7 Å². The smallest absolute Gasteiger partial charge is 0.0803 e. The predicted molar refractivity (Wildman–Crippen MR) is 71.3 cm³/mol. The first-order valence-electron chi connectivity index (χ1n) is 5.69. The van der Waals surface area contributed by atoms with Gasteiger partial charge < -0.3 is 5.11 Å². The zero-order valence-electron chi connectivity index (χ0n) is 9.45. The Hall–Kier alpha value is -0.180. The molecule has 88 valence electrons. The van der Waals surface area contributed by atoms with Gasteiger partial charge in [-0.3, -0.25) is 0 Å². The molecule has 1 aromatic rings. The van der Waals surface area contributed by atoms with Gasteiger partial charge in [-0.15, -0.1) is 0 Å². The van der Waals surface area contributed by atoms with Crippen LogP contribution in [0.25, 0.3) is 0 Å². The molecule has 1 nitrogen and oxygen atoms in total. The van der Waals surface area contributed by atoms with E-state index in [1.807, 2.05) is 36.0 Å². The minimum Gasteiger partial charge on any atom is -0.388 e. The lowest BCUT2D eigenvalue weighted by molar-refractivity contribution is 0.0297. The van der Waals surface area contributed by atoms with E-state index in [4.69, 9.17) is 11.6 Å². The summed E-state index contributed by atoms with van der Waals surface area (Å²) < 4.78 is 0. The van der Waals surface area contributed by atoms with Gasteiger partial charge in [-0.25, -0.2) is 0 Å². The number of halogens is 1. The molecule has 1 heterocycles. The third-order valence-electron chi connectivity index (χ3n) is 3.30. The Bertz CT molecular complexity index is 351. The van der Waals surface area contributed by atoms with Crippen LogP contribution < -0.4 is 0 Å². The highest BCUT2D eigenvalue weighted by Gasteiger charge is 2.36. The standard InChI is InChI=1S/C13H17ClOS/c1-10-13(15,7-2-8-16-10)9-11-3-5-12(14)6-4-11/h3-6,10,15H,2,7-9H2,1H3. The molecule has 0 spiro atoms. The maximum Gasteiger partial charge on any atom is 0.0803 e. The minimum absolute atomic E-state index is 0.317. The largest absolute Gasteiger partial charge is 0.388 e. The number of hydrogen-bond acceptors (Lipinski definition) is 2. The molecule has 1 aliphatic heterocycles. The molecule has 0 amide bonds. The molecular formula is C13H17ClOS. The lowest BCUT2D eigenvalue weighted by Gasteiger charge is -2.37. The average Bonchev–Trinajstić information content (AvgIpc) is 2.26. The Morgan fingerprint density at radius 3 is 2.75 bits per heavy atom. The van der Waals surface area contributed by atoms with E-state index in [0.717, 1.165) is 24.3 Å². The zero-order valence-corrected chi connectivity index (χ0v) is 11.0. The molecule has 0 radical (unpaired) electrons. The molecule has 2 atom stereocenters. The van der Waals surface area contributed by atoms with Crippen molar-refractivity contribution in [1.29, 1.82) is 0 Å². The third kappa shape index (κ3) is 2.73. The summed E-state index contributed by atoms with van der Waals surface area (Å²) in [4.78, 5) is 0. The first kappa shape index (κ1) is 12.3. The van der Waals surface area contributed by atoms with Crippen molar-refractivity contribution in [3.8, 4) is 0 Å². The van der Waals surface area contributed by atoms with Crippen LogP contribution in [0.3, 0.4) is 0 Å². The van der Waals surface area contributed by atoms with Gasteiger partial charge in [0.05, 0.1) is 5.60 Å². The molecule has 0 aliphatic carbocycles. The summed E-state index contributed by atoms with van der Waals surface area (Å²) in [5.74, 6) is 1.17. The van der Waals surface area contributed by atoms with Gasteiger partial charge in [0.15, 0.2) is 0 Å². The maximum atomic E-state index is 10.6. The molecule has 2 unspecified atom stereocenters. The minimum atomic E-state index is -0.545. The van der Waals surface area contributed by atoms with Crippen LogP contribution in [0.1, 0.15) is 25.3 Å². The van der Waals surface area contributed by atoms with Crippen LogP contribution in [-0.2, 0) is 6.42 Å². The lowest BCUT2D eigenvalue weighted by atomic mass is 9.87. The molecule has 1 aliphatic rings. The van der Waals surface area contributed by atoms with E-state index in [0.29, 0.717) is 5.25 Å². The summed E-state index contributed by atoms with van der Waals surface area (Å²) in [5.41, 5.74) is 0.623. The lowest BCUT2D eigenvalue weighted by Crippen LogP contribution is -2.43. The first-order valence-corrected chi connectivity index (χ1v) is 7.11. The molecule has 3 heteroatoms. The summed E-state index contributed by atoms with van der Waals surface area (Å²) in [7, 11) is 0. The molecule has 1 fully saturated rings. The van der Waals surface area contributed by atoms with Gasteiger partial charge in [-0.2, -0.15) is 11.8 Å². The third-order valence-corrected chi connectivity index (χ3v) is 5.02. The second-order valence-electron chi connectivity index (χ2n) is 4.52. The summed E-state index contributed by atoms with van der Waals surface area (Å²) in [6, 6.07) is 7.79. The Morgan fingerprint density at radius 1 is 1.44 bits per heavy atom. The highest BCUT2D eigenvalue weighted by molar-refractivity contribution is 8.00. The number of aliphatic hydroxyl groups is 1. The van der Waals surface area contributed by atoms with Crippen LogP contribution in [0.2, 0.25) is 5.02 Å². The Kier molecular flexibility index (Phi) is 3.83. The van der Waals surface area contributed by atoms with Crippen molar-refractivity contribution in [3.63, 3.8) is 0 Å². The summed E-state index contributed by atoms with van der Waals surface area (Å²) in [6.45, 7) is 2.12. The van der Waals surface area contributed by atoms with Crippen LogP contribution in [0.4, 0.5) is 0 Å². The van der Waals surface area contributed by atoms with Crippen molar-refractivity contribution in [2.24, 2.45) is 0 Å². The molecule has 0 bridgehead atoms. The predicted octanol–water partition coefficient (Wildman–Crippen LogP) is 3.53. The fraction of sp³-hybridized carbons (Fsp3) is 0.538. The maximum absolute atomic E-state index is 10.6. The molecular weight excluding hydrogens is 240 g/mol. The van der Waals surface area contributed by atoms with Crippen molar-refractivity contribution in [2.45, 2.75) is 37.0 Å². The summed E-state index contributed by atoms with van der Waals surface area (Å²) >= 11 is 7.72. The molecule has 2 rings (SSSR count). The molecule has 0 aromatic heterocycles. The van der Waals surface area contributed by atoms with Crippen molar-refractivity contribution >= 4 is 23.4 Å². The number of hydrogen-bond donors (Lipinski definition) is 1. The second-order valence-corrected chi connectivity index (χ2v) is 6.41. The normalized spacial score (nSPS) is 30.3. The first-order chi connectivity index (χ1) is 7.60. The van der Waals surface area contributed by atoms with E-state index in [1.165, 1.54) is 11.3 Å². The fourth-order valence-corrected chi connectivity index (χ4v) is 3.49.